The van der Waals surface area contributed by atoms with E-state index in [1.165, 1.54) is 0 Å². The number of ether oxygens (including phenoxy) is 1. The van der Waals surface area contributed by atoms with Crippen LogP contribution in [0.5, 0.6) is 0 Å². The molecule has 0 unspecified atom stereocenters. The minimum absolute atomic E-state index is 0.616. The van der Waals surface area contributed by atoms with Gasteiger partial charge in [0.25, 0.3) is 0 Å². The Kier molecular flexibility index (Phi) is 4.64. The summed E-state index contributed by atoms with van der Waals surface area (Å²) in [4.78, 5) is 7.38. The van der Waals surface area contributed by atoms with Gasteiger partial charge in [-0.25, -0.2) is 4.98 Å². The predicted octanol–water partition coefficient (Wildman–Crippen LogP) is 2.91. The lowest BCUT2D eigenvalue weighted by molar-refractivity contribution is 0.122. The fourth-order valence-corrected chi connectivity index (χ4v) is 1.77. The molecule has 0 spiro atoms. The van der Waals surface area contributed by atoms with Crippen LogP contribution in [0.25, 0.3) is 11.4 Å². The summed E-state index contributed by atoms with van der Waals surface area (Å²) < 4.78 is 5.61. The second-order valence-electron chi connectivity index (χ2n) is 3.72. The Bertz CT molecular complexity index is 442. The molecular weight excluding hydrogens is 232 g/mol. The van der Waals surface area contributed by atoms with Crippen molar-refractivity contribution in [2.45, 2.75) is 13.0 Å². The highest BCUT2D eigenvalue weighted by Gasteiger charge is 2.05. The molecule has 0 atom stereocenters. The quantitative estimate of drug-likeness (QED) is 0.609. The summed E-state index contributed by atoms with van der Waals surface area (Å²) in [6, 6.07) is 8.15. The van der Waals surface area contributed by atoms with E-state index in [1.54, 1.807) is 6.20 Å². The molecule has 3 nitrogen and oxygen atoms in total. The molecule has 1 aromatic carbocycles. The van der Waals surface area contributed by atoms with Gasteiger partial charge in [0.15, 0.2) is 0 Å². The van der Waals surface area contributed by atoms with Crippen LogP contribution in [0, 0.1) is 0 Å². The van der Waals surface area contributed by atoms with Crippen LogP contribution in [-0.2, 0) is 11.3 Å². The van der Waals surface area contributed by atoms with Crippen molar-refractivity contribution in [3.63, 3.8) is 0 Å². The normalized spacial score (nSPS) is 10.6. The Morgan fingerprint density at radius 2 is 2.18 bits per heavy atom. The van der Waals surface area contributed by atoms with Gasteiger partial charge in [-0.2, -0.15) is 12.6 Å². The molecule has 1 N–H and O–H groups in total. The lowest BCUT2D eigenvalue weighted by Crippen LogP contribution is -1.98. The summed E-state index contributed by atoms with van der Waals surface area (Å²) >= 11 is 4.15. The third-order valence-corrected chi connectivity index (χ3v) is 2.79. The highest BCUT2D eigenvalue weighted by atomic mass is 32.1. The zero-order valence-electron chi connectivity index (χ0n) is 9.60. The van der Waals surface area contributed by atoms with Crippen LogP contribution in [0.15, 0.2) is 36.7 Å². The molecule has 2 aromatic rings. The SMILES string of the molecule is SCCCOCc1ccccc1-c1ncc[nH]1. The van der Waals surface area contributed by atoms with E-state index in [2.05, 4.69) is 34.7 Å². The molecule has 4 heteroatoms. The molecule has 0 aliphatic rings. The molecule has 0 radical (unpaired) electrons. The number of nitrogens with zero attached hydrogens (tertiary/aromatic N) is 1. The molecular formula is C13H16N2OS. The Morgan fingerprint density at radius 1 is 1.29 bits per heavy atom. The van der Waals surface area contributed by atoms with E-state index in [-0.39, 0.29) is 0 Å². The van der Waals surface area contributed by atoms with Gasteiger partial charge in [0.2, 0.25) is 0 Å². The summed E-state index contributed by atoms with van der Waals surface area (Å²) in [5, 5.41) is 0. The molecule has 0 saturated carbocycles. The highest BCUT2D eigenvalue weighted by Crippen LogP contribution is 2.20. The standard InChI is InChI=1S/C13H16N2OS/c17-9-3-8-16-10-11-4-1-2-5-12(11)13-14-6-7-15-13/h1-2,4-7,17H,3,8-10H2,(H,14,15). The summed E-state index contributed by atoms with van der Waals surface area (Å²) in [5.41, 5.74) is 2.25. The maximum atomic E-state index is 5.61. The average molecular weight is 248 g/mol. The van der Waals surface area contributed by atoms with Crippen LogP contribution in [0.2, 0.25) is 0 Å². The molecule has 0 saturated heterocycles. The van der Waals surface area contributed by atoms with Gasteiger partial charge in [0.1, 0.15) is 5.82 Å². The highest BCUT2D eigenvalue weighted by molar-refractivity contribution is 7.80. The number of rotatable bonds is 6. The lowest BCUT2D eigenvalue weighted by Gasteiger charge is -2.08. The van der Waals surface area contributed by atoms with Crippen LogP contribution in [0.4, 0.5) is 0 Å². The number of aromatic amines is 1. The van der Waals surface area contributed by atoms with E-state index in [0.29, 0.717) is 6.61 Å². The Balaban J connectivity index is 2.06. The fourth-order valence-electron chi connectivity index (χ4n) is 1.64. The van der Waals surface area contributed by atoms with Gasteiger partial charge in [0.05, 0.1) is 6.61 Å². The molecule has 0 fully saturated rings. The smallest absolute Gasteiger partial charge is 0.137 e. The number of aromatic nitrogens is 2. The summed E-state index contributed by atoms with van der Waals surface area (Å²) in [7, 11) is 0. The largest absolute Gasteiger partial charge is 0.377 e. The first-order chi connectivity index (χ1) is 8.42. The van der Waals surface area contributed by atoms with Gasteiger partial charge < -0.3 is 9.72 Å². The van der Waals surface area contributed by atoms with Gasteiger partial charge in [-0.1, -0.05) is 24.3 Å². The summed E-state index contributed by atoms with van der Waals surface area (Å²) in [6.45, 7) is 1.36. The first-order valence-electron chi connectivity index (χ1n) is 5.68. The van der Waals surface area contributed by atoms with E-state index in [0.717, 1.165) is 35.7 Å². The zero-order chi connectivity index (χ0) is 11.9. The van der Waals surface area contributed by atoms with E-state index in [4.69, 9.17) is 4.74 Å². The molecule has 0 aliphatic heterocycles. The van der Waals surface area contributed by atoms with E-state index in [9.17, 15) is 0 Å². The number of imidazole rings is 1. The molecule has 0 amide bonds. The van der Waals surface area contributed by atoms with Gasteiger partial charge in [-0.3, -0.25) is 0 Å². The number of thiol groups is 1. The minimum atomic E-state index is 0.616. The molecule has 1 heterocycles. The van der Waals surface area contributed by atoms with Gasteiger partial charge >= 0.3 is 0 Å². The molecule has 17 heavy (non-hydrogen) atoms. The molecule has 0 bridgehead atoms. The summed E-state index contributed by atoms with van der Waals surface area (Å²) in [5.74, 6) is 1.75. The van der Waals surface area contributed by atoms with Gasteiger partial charge in [-0.05, 0) is 17.7 Å². The zero-order valence-corrected chi connectivity index (χ0v) is 10.5. The molecule has 0 aliphatic carbocycles. The Hall–Kier alpha value is -1.26. The van der Waals surface area contributed by atoms with E-state index in [1.807, 2.05) is 18.3 Å². The minimum Gasteiger partial charge on any atom is -0.377 e. The Morgan fingerprint density at radius 3 is 2.94 bits per heavy atom. The second kappa shape index (κ2) is 6.47. The number of H-pyrrole nitrogens is 1. The van der Waals surface area contributed by atoms with Crippen LogP contribution in [0.1, 0.15) is 12.0 Å². The Labute approximate surface area is 107 Å². The average Bonchev–Trinajstić information content (AvgIpc) is 2.89. The van der Waals surface area contributed by atoms with Crippen LogP contribution < -0.4 is 0 Å². The van der Waals surface area contributed by atoms with Crippen molar-refractivity contribution < 1.29 is 4.74 Å². The summed E-state index contributed by atoms with van der Waals surface area (Å²) in [6.07, 6.45) is 4.56. The number of nitrogens with one attached hydrogen (secondary N) is 1. The number of hydrogen-bond acceptors (Lipinski definition) is 3. The van der Waals surface area contributed by atoms with Crippen LogP contribution in [0.3, 0.4) is 0 Å². The molecule has 1 aromatic heterocycles. The van der Waals surface area contributed by atoms with Crippen molar-refractivity contribution in [3.8, 4) is 11.4 Å². The molecule has 2 rings (SSSR count). The van der Waals surface area contributed by atoms with Crippen molar-refractivity contribution in [2.75, 3.05) is 12.4 Å². The van der Waals surface area contributed by atoms with Crippen LogP contribution in [-0.4, -0.2) is 22.3 Å². The second-order valence-corrected chi connectivity index (χ2v) is 4.17. The number of benzene rings is 1. The van der Waals surface area contributed by atoms with Crippen molar-refractivity contribution in [1.29, 1.82) is 0 Å². The molecule has 90 valence electrons. The van der Waals surface area contributed by atoms with Gasteiger partial charge in [-0.15, -0.1) is 0 Å². The third-order valence-electron chi connectivity index (χ3n) is 2.48. The van der Waals surface area contributed by atoms with E-state index < -0.39 is 0 Å². The van der Waals surface area contributed by atoms with Gasteiger partial charge in [0, 0.05) is 24.6 Å². The first-order valence-corrected chi connectivity index (χ1v) is 6.31. The fraction of sp³-hybridized carbons (Fsp3) is 0.308. The third kappa shape index (κ3) is 3.35. The lowest BCUT2D eigenvalue weighted by atomic mass is 10.1. The topological polar surface area (TPSA) is 37.9 Å². The predicted molar refractivity (Wildman–Crippen MR) is 72.1 cm³/mol. The number of hydrogen-bond donors (Lipinski definition) is 2. The van der Waals surface area contributed by atoms with Crippen LogP contribution >= 0.6 is 12.6 Å². The van der Waals surface area contributed by atoms with Crippen molar-refractivity contribution in [1.82, 2.24) is 9.97 Å². The van der Waals surface area contributed by atoms with E-state index >= 15 is 0 Å². The van der Waals surface area contributed by atoms with Crippen molar-refractivity contribution in [2.24, 2.45) is 0 Å². The maximum Gasteiger partial charge on any atom is 0.137 e. The maximum absolute atomic E-state index is 5.61. The monoisotopic (exact) mass is 248 g/mol. The first kappa shape index (κ1) is 12.2. The van der Waals surface area contributed by atoms with Crippen molar-refractivity contribution >= 4 is 12.6 Å². The van der Waals surface area contributed by atoms with Crippen molar-refractivity contribution in [3.05, 3.63) is 42.2 Å².